The van der Waals surface area contributed by atoms with Crippen LogP contribution in [0.3, 0.4) is 0 Å². The second kappa shape index (κ2) is 10.1. The number of carbonyl (C=O) groups excluding carboxylic acids is 1. The van der Waals surface area contributed by atoms with Crippen molar-refractivity contribution in [1.82, 2.24) is 4.31 Å². The maximum absolute atomic E-state index is 12.8. The van der Waals surface area contributed by atoms with Gasteiger partial charge in [0.25, 0.3) is 20.0 Å². The summed E-state index contributed by atoms with van der Waals surface area (Å²) in [5.74, 6) is -0.526. The number of nitrogens with zero attached hydrogens (tertiary/aromatic N) is 1. The fourth-order valence-corrected chi connectivity index (χ4v) is 7.64. The summed E-state index contributed by atoms with van der Waals surface area (Å²) < 4.78 is 55.2. The summed E-state index contributed by atoms with van der Waals surface area (Å²) in [6.45, 7) is 4.28. The Bertz CT molecular complexity index is 1410. The first-order chi connectivity index (χ1) is 16.6. The zero-order valence-corrected chi connectivity index (χ0v) is 21.8. The number of rotatable bonds is 7. The van der Waals surface area contributed by atoms with Gasteiger partial charge in [-0.2, -0.15) is 4.31 Å². The average Bonchev–Trinajstić information content (AvgIpc) is 3.38. The molecule has 11 heteroatoms. The summed E-state index contributed by atoms with van der Waals surface area (Å²) in [5, 5.41) is 4.54. The molecule has 0 aliphatic carbocycles. The molecule has 2 N–H and O–H groups in total. The Labute approximate surface area is 210 Å². The highest BCUT2D eigenvalue weighted by Gasteiger charge is 2.32. The predicted molar refractivity (Wildman–Crippen MR) is 138 cm³/mol. The normalized spacial score (nSPS) is 15.6. The Balaban J connectivity index is 1.36. The van der Waals surface area contributed by atoms with Crippen molar-refractivity contribution < 1.29 is 21.6 Å². The third-order valence-electron chi connectivity index (χ3n) is 5.98. The summed E-state index contributed by atoms with van der Waals surface area (Å²) in [7, 11) is -7.30. The molecule has 2 heterocycles. The number of anilines is 2. The summed E-state index contributed by atoms with van der Waals surface area (Å²) in [6.07, 6.45) is 0.839. The molecule has 35 heavy (non-hydrogen) atoms. The molecule has 186 valence electrons. The van der Waals surface area contributed by atoms with Crippen LogP contribution in [0.1, 0.15) is 24.0 Å². The van der Waals surface area contributed by atoms with Crippen molar-refractivity contribution in [3.05, 3.63) is 71.1 Å². The number of hydrogen-bond acceptors (Lipinski definition) is 6. The highest BCUT2D eigenvalue weighted by molar-refractivity contribution is 7.92. The zero-order valence-electron chi connectivity index (χ0n) is 19.4. The number of thiophene rings is 1. The number of aryl methyl sites for hydroxylation is 2. The summed E-state index contributed by atoms with van der Waals surface area (Å²) in [4.78, 5) is 12.8. The van der Waals surface area contributed by atoms with Crippen molar-refractivity contribution in [2.75, 3.05) is 23.1 Å². The lowest BCUT2D eigenvalue weighted by molar-refractivity contribution is -0.120. The van der Waals surface area contributed by atoms with Crippen molar-refractivity contribution in [2.45, 2.75) is 35.8 Å². The molecule has 0 atom stereocenters. The second-order valence-corrected chi connectivity index (χ2v) is 13.3. The van der Waals surface area contributed by atoms with E-state index in [1.807, 2.05) is 26.0 Å². The van der Waals surface area contributed by atoms with Crippen molar-refractivity contribution >= 4 is 48.7 Å². The van der Waals surface area contributed by atoms with Gasteiger partial charge >= 0.3 is 0 Å². The van der Waals surface area contributed by atoms with E-state index in [-0.39, 0.29) is 29.8 Å². The average molecular weight is 534 g/mol. The van der Waals surface area contributed by atoms with Crippen molar-refractivity contribution in [1.29, 1.82) is 0 Å². The number of amides is 1. The molecule has 2 aromatic carbocycles. The summed E-state index contributed by atoms with van der Waals surface area (Å²) in [5.41, 5.74) is 2.77. The van der Waals surface area contributed by atoms with Gasteiger partial charge in [0.2, 0.25) is 5.91 Å². The molecule has 4 rings (SSSR count). The monoisotopic (exact) mass is 533 g/mol. The molecule has 0 saturated carbocycles. The maximum Gasteiger partial charge on any atom is 0.261 e. The number of sulfonamides is 2. The lowest BCUT2D eigenvalue weighted by Crippen LogP contribution is -2.41. The molecule has 0 spiro atoms. The first-order valence-electron chi connectivity index (χ1n) is 11.1. The number of carbonyl (C=O) groups is 1. The van der Waals surface area contributed by atoms with Crippen LogP contribution in [-0.4, -0.2) is 40.1 Å². The predicted octanol–water partition coefficient (Wildman–Crippen LogP) is 4.21. The number of hydrogen-bond donors (Lipinski definition) is 2. The molecular formula is C24H27N3O5S3. The zero-order chi connectivity index (χ0) is 25.2. The molecule has 1 amide bonds. The van der Waals surface area contributed by atoms with Crippen LogP contribution >= 0.6 is 11.3 Å². The maximum atomic E-state index is 12.8. The molecule has 0 unspecified atom stereocenters. The summed E-state index contributed by atoms with van der Waals surface area (Å²) >= 11 is 1.18. The van der Waals surface area contributed by atoms with Crippen LogP contribution in [0.2, 0.25) is 0 Å². The largest absolute Gasteiger partial charge is 0.326 e. The quantitative estimate of drug-likeness (QED) is 0.473. The first kappa shape index (κ1) is 25.4. The van der Waals surface area contributed by atoms with Crippen molar-refractivity contribution in [2.24, 2.45) is 5.92 Å². The van der Waals surface area contributed by atoms with E-state index in [4.69, 9.17) is 0 Å². The molecule has 3 aromatic rings. The minimum atomic E-state index is -3.78. The third kappa shape index (κ3) is 5.75. The highest BCUT2D eigenvalue weighted by Crippen LogP contribution is 2.27. The van der Waals surface area contributed by atoms with E-state index in [0.717, 1.165) is 11.1 Å². The fourth-order valence-electron chi connectivity index (χ4n) is 3.91. The molecule has 8 nitrogen and oxygen atoms in total. The van der Waals surface area contributed by atoms with Gasteiger partial charge in [-0.15, -0.1) is 11.3 Å². The fraction of sp³-hybridized carbons (Fsp3) is 0.292. The van der Waals surface area contributed by atoms with E-state index in [1.165, 1.54) is 27.8 Å². The van der Waals surface area contributed by atoms with Crippen LogP contribution in [0.15, 0.2) is 69.1 Å². The first-order valence-corrected chi connectivity index (χ1v) is 14.9. The lowest BCUT2D eigenvalue weighted by Gasteiger charge is -2.30. The van der Waals surface area contributed by atoms with E-state index >= 15 is 0 Å². The lowest BCUT2D eigenvalue weighted by atomic mass is 9.97. The third-order valence-corrected chi connectivity index (χ3v) is 10.6. The van der Waals surface area contributed by atoms with Crippen LogP contribution in [0.5, 0.6) is 0 Å². The van der Waals surface area contributed by atoms with Crippen LogP contribution in [-0.2, 0) is 24.8 Å². The number of piperidine rings is 1. The second-order valence-electron chi connectivity index (χ2n) is 8.55. The Hall–Kier alpha value is -2.73. The van der Waals surface area contributed by atoms with Gasteiger partial charge in [0, 0.05) is 24.7 Å². The van der Waals surface area contributed by atoms with Crippen LogP contribution in [0.25, 0.3) is 0 Å². The smallest absolute Gasteiger partial charge is 0.261 e. The van der Waals surface area contributed by atoms with E-state index in [1.54, 1.807) is 35.7 Å². The van der Waals surface area contributed by atoms with Crippen molar-refractivity contribution in [3.8, 4) is 0 Å². The minimum Gasteiger partial charge on any atom is -0.326 e. The Morgan fingerprint density at radius 2 is 1.66 bits per heavy atom. The standard InChI is InChI=1S/C24H27N3O5S3/c1-17-5-6-18(2)22(16-17)26-34(29,30)21-9-7-20(8-10-21)25-24(28)19-11-13-27(14-12-19)35(31,32)23-4-3-15-33-23/h3-10,15-16,19,26H,11-14H2,1-2H3,(H,25,28). The molecule has 0 radical (unpaired) electrons. The van der Waals surface area contributed by atoms with Gasteiger partial charge in [-0.3, -0.25) is 9.52 Å². The minimum absolute atomic E-state index is 0.0866. The van der Waals surface area contributed by atoms with Crippen LogP contribution in [0.4, 0.5) is 11.4 Å². The van der Waals surface area contributed by atoms with E-state index in [0.29, 0.717) is 28.4 Å². The number of benzene rings is 2. The van der Waals surface area contributed by atoms with Gasteiger partial charge in [-0.25, -0.2) is 16.8 Å². The van der Waals surface area contributed by atoms with Gasteiger partial charge < -0.3 is 5.32 Å². The van der Waals surface area contributed by atoms with Crippen LogP contribution < -0.4 is 10.0 Å². The highest BCUT2D eigenvalue weighted by atomic mass is 32.2. The Morgan fingerprint density at radius 3 is 2.29 bits per heavy atom. The molecule has 1 saturated heterocycles. The van der Waals surface area contributed by atoms with E-state index in [2.05, 4.69) is 10.0 Å². The number of nitrogens with one attached hydrogen (secondary N) is 2. The van der Waals surface area contributed by atoms with Crippen LogP contribution in [0, 0.1) is 19.8 Å². The van der Waals surface area contributed by atoms with Gasteiger partial charge in [0.15, 0.2) is 0 Å². The Morgan fingerprint density at radius 1 is 0.971 bits per heavy atom. The molecular weight excluding hydrogens is 506 g/mol. The van der Waals surface area contributed by atoms with Gasteiger partial charge in [-0.05, 0) is 79.6 Å². The molecule has 1 aliphatic rings. The molecule has 1 fully saturated rings. The van der Waals surface area contributed by atoms with Gasteiger partial charge in [-0.1, -0.05) is 18.2 Å². The van der Waals surface area contributed by atoms with E-state index < -0.39 is 20.0 Å². The molecule has 1 aliphatic heterocycles. The molecule has 0 bridgehead atoms. The molecule has 1 aromatic heterocycles. The van der Waals surface area contributed by atoms with Crippen molar-refractivity contribution in [3.63, 3.8) is 0 Å². The topological polar surface area (TPSA) is 113 Å². The summed E-state index contributed by atoms with van der Waals surface area (Å²) in [6, 6.07) is 14.8. The Kier molecular flexibility index (Phi) is 7.32. The van der Waals surface area contributed by atoms with Gasteiger partial charge in [0.05, 0.1) is 10.6 Å². The van der Waals surface area contributed by atoms with Gasteiger partial charge in [0.1, 0.15) is 4.21 Å². The SMILES string of the molecule is Cc1ccc(C)c(NS(=O)(=O)c2ccc(NC(=O)C3CCN(S(=O)(=O)c4cccs4)CC3)cc2)c1. The van der Waals surface area contributed by atoms with E-state index in [9.17, 15) is 21.6 Å².